The lowest BCUT2D eigenvalue weighted by molar-refractivity contribution is 0.0817. The Morgan fingerprint density at radius 2 is 2.06 bits per heavy atom. The van der Waals surface area contributed by atoms with Crippen LogP contribution in [-0.4, -0.2) is 48.0 Å². The van der Waals surface area contributed by atoms with Crippen molar-refractivity contribution in [3.8, 4) is 5.75 Å². The van der Waals surface area contributed by atoms with Crippen LogP contribution in [0, 0.1) is 6.92 Å². The molecule has 1 fully saturated rings. The van der Waals surface area contributed by atoms with Crippen molar-refractivity contribution in [1.29, 1.82) is 0 Å². The summed E-state index contributed by atoms with van der Waals surface area (Å²) in [6.07, 6.45) is 0. The highest BCUT2D eigenvalue weighted by molar-refractivity contribution is 6.02. The summed E-state index contributed by atoms with van der Waals surface area (Å²) >= 11 is 0. The number of hydrogen-bond acceptors (Lipinski definition) is 4. The van der Waals surface area contributed by atoms with Gasteiger partial charge in [0, 0.05) is 26.2 Å². The molecule has 0 aromatic heterocycles. The number of Topliss-reactive ketones (excluding diaryl/α,β-unsaturated/α-hetero) is 1. The van der Waals surface area contributed by atoms with Crippen LogP contribution in [0.25, 0.3) is 0 Å². The van der Waals surface area contributed by atoms with Gasteiger partial charge in [-0.3, -0.25) is 9.69 Å². The Balaban J connectivity index is 2.16. The Morgan fingerprint density at radius 3 is 2.72 bits per heavy atom. The normalized spacial score (nSPS) is 18.6. The summed E-state index contributed by atoms with van der Waals surface area (Å²) in [5, 5.41) is 13.1. The lowest BCUT2D eigenvalue weighted by Crippen LogP contribution is -2.50. The maximum Gasteiger partial charge on any atom is 0.183 e. The molecule has 0 spiro atoms. The van der Waals surface area contributed by atoms with Crippen LogP contribution in [0.3, 0.4) is 0 Å². The summed E-state index contributed by atoms with van der Waals surface area (Å²) in [4.78, 5) is 14.5. The fourth-order valence-corrected chi connectivity index (χ4v) is 2.31. The van der Waals surface area contributed by atoms with E-state index in [1.165, 1.54) is 0 Å². The van der Waals surface area contributed by atoms with Gasteiger partial charge >= 0.3 is 0 Å². The van der Waals surface area contributed by atoms with Crippen LogP contribution < -0.4 is 5.32 Å². The first-order valence-corrected chi connectivity index (χ1v) is 6.38. The summed E-state index contributed by atoms with van der Waals surface area (Å²) in [6, 6.07) is 4.98. The smallest absolute Gasteiger partial charge is 0.183 e. The zero-order valence-corrected chi connectivity index (χ0v) is 10.9. The van der Waals surface area contributed by atoms with Crippen LogP contribution in [0.4, 0.5) is 0 Å². The lowest BCUT2D eigenvalue weighted by atomic mass is 10.0. The van der Waals surface area contributed by atoms with Crippen LogP contribution >= 0.6 is 0 Å². The predicted octanol–water partition coefficient (Wildman–Crippen LogP) is 1.18. The first kappa shape index (κ1) is 13.1. The number of hydrogen-bond donors (Lipinski definition) is 2. The molecular formula is C14H20N2O2. The summed E-state index contributed by atoms with van der Waals surface area (Å²) in [7, 11) is 0. The molecule has 1 aliphatic heterocycles. The van der Waals surface area contributed by atoms with Gasteiger partial charge in [0.25, 0.3) is 0 Å². The number of nitrogens with one attached hydrogen (secondary N) is 1. The zero-order valence-electron chi connectivity index (χ0n) is 10.9. The van der Waals surface area contributed by atoms with Gasteiger partial charge in [0.2, 0.25) is 0 Å². The van der Waals surface area contributed by atoms with E-state index in [2.05, 4.69) is 10.2 Å². The molecule has 1 saturated heterocycles. The predicted molar refractivity (Wildman–Crippen MR) is 71.1 cm³/mol. The molecule has 0 aliphatic carbocycles. The average Bonchev–Trinajstić information content (AvgIpc) is 2.41. The minimum Gasteiger partial charge on any atom is -0.507 e. The van der Waals surface area contributed by atoms with Crippen LogP contribution in [0.15, 0.2) is 18.2 Å². The molecule has 4 nitrogen and oxygen atoms in total. The molecule has 0 bridgehead atoms. The number of phenols is 1. The van der Waals surface area contributed by atoms with Crippen molar-refractivity contribution >= 4 is 5.78 Å². The summed E-state index contributed by atoms with van der Waals surface area (Å²) in [5.41, 5.74) is 1.42. The first-order chi connectivity index (χ1) is 8.59. The molecule has 98 valence electrons. The number of piperazine rings is 1. The van der Waals surface area contributed by atoms with Crippen molar-refractivity contribution in [3.05, 3.63) is 29.3 Å². The van der Waals surface area contributed by atoms with E-state index >= 15 is 0 Å². The Bertz CT molecular complexity index is 439. The van der Waals surface area contributed by atoms with Gasteiger partial charge < -0.3 is 10.4 Å². The highest BCUT2D eigenvalue weighted by Crippen LogP contribution is 2.21. The minimum atomic E-state index is -0.181. The quantitative estimate of drug-likeness (QED) is 0.789. The second-order valence-electron chi connectivity index (χ2n) is 4.85. The molecule has 4 heteroatoms. The zero-order chi connectivity index (χ0) is 13.1. The number of carbonyl (C=O) groups excluding carboxylic acids is 1. The van der Waals surface area contributed by atoms with E-state index in [0.29, 0.717) is 5.56 Å². The van der Waals surface area contributed by atoms with Crippen LogP contribution in [0.5, 0.6) is 5.75 Å². The minimum absolute atomic E-state index is 0.00176. The van der Waals surface area contributed by atoms with Crippen molar-refractivity contribution in [2.45, 2.75) is 19.9 Å². The molecule has 1 aromatic rings. The maximum atomic E-state index is 12.4. The third-order valence-corrected chi connectivity index (χ3v) is 3.50. The van der Waals surface area contributed by atoms with Gasteiger partial charge in [0.05, 0.1) is 11.6 Å². The topological polar surface area (TPSA) is 52.6 Å². The lowest BCUT2D eigenvalue weighted by Gasteiger charge is -2.32. The van der Waals surface area contributed by atoms with E-state index in [-0.39, 0.29) is 17.6 Å². The molecule has 0 radical (unpaired) electrons. The third kappa shape index (κ3) is 2.71. The maximum absolute atomic E-state index is 12.4. The fourth-order valence-electron chi connectivity index (χ4n) is 2.31. The first-order valence-electron chi connectivity index (χ1n) is 6.38. The molecule has 1 unspecified atom stereocenters. The van der Waals surface area contributed by atoms with Gasteiger partial charge in [-0.25, -0.2) is 0 Å². The molecule has 18 heavy (non-hydrogen) atoms. The molecule has 0 amide bonds. The molecule has 1 heterocycles. The SMILES string of the molecule is Cc1ccc(O)c(C(=O)C(C)N2CCNCC2)c1. The number of aryl methyl sites for hydroxylation is 1. The van der Waals surface area contributed by atoms with Gasteiger partial charge in [-0.15, -0.1) is 0 Å². The molecule has 2 rings (SSSR count). The van der Waals surface area contributed by atoms with Crippen molar-refractivity contribution in [2.75, 3.05) is 26.2 Å². The molecular weight excluding hydrogens is 228 g/mol. The van der Waals surface area contributed by atoms with Crippen LogP contribution in [-0.2, 0) is 0 Å². The summed E-state index contributed by atoms with van der Waals surface area (Å²) in [5.74, 6) is 0.0747. The van der Waals surface area contributed by atoms with Crippen molar-refractivity contribution in [1.82, 2.24) is 10.2 Å². The Kier molecular flexibility index (Phi) is 3.99. The van der Waals surface area contributed by atoms with E-state index in [0.717, 1.165) is 31.7 Å². The van der Waals surface area contributed by atoms with Gasteiger partial charge in [0.1, 0.15) is 5.75 Å². The second-order valence-corrected chi connectivity index (χ2v) is 4.85. The van der Waals surface area contributed by atoms with Crippen LogP contribution in [0.1, 0.15) is 22.8 Å². The van der Waals surface area contributed by atoms with Gasteiger partial charge in [0.15, 0.2) is 5.78 Å². The Morgan fingerprint density at radius 1 is 1.39 bits per heavy atom. The van der Waals surface area contributed by atoms with E-state index in [1.807, 2.05) is 19.9 Å². The largest absolute Gasteiger partial charge is 0.507 e. The monoisotopic (exact) mass is 248 g/mol. The van der Waals surface area contributed by atoms with Crippen LogP contribution in [0.2, 0.25) is 0 Å². The van der Waals surface area contributed by atoms with Gasteiger partial charge in [-0.2, -0.15) is 0 Å². The third-order valence-electron chi connectivity index (χ3n) is 3.50. The van der Waals surface area contributed by atoms with E-state index in [1.54, 1.807) is 12.1 Å². The summed E-state index contributed by atoms with van der Waals surface area (Å²) < 4.78 is 0. The highest BCUT2D eigenvalue weighted by atomic mass is 16.3. The number of phenolic OH excluding ortho intramolecular Hbond substituents is 1. The Hall–Kier alpha value is -1.39. The molecule has 1 aromatic carbocycles. The van der Waals surface area contributed by atoms with Crippen molar-refractivity contribution < 1.29 is 9.90 Å². The van der Waals surface area contributed by atoms with E-state index in [9.17, 15) is 9.90 Å². The van der Waals surface area contributed by atoms with E-state index < -0.39 is 0 Å². The highest BCUT2D eigenvalue weighted by Gasteiger charge is 2.25. The Labute approximate surface area is 108 Å². The van der Waals surface area contributed by atoms with Crippen molar-refractivity contribution in [2.24, 2.45) is 0 Å². The van der Waals surface area contributed by atoms with E-state index in [4.69, 9.17) is 0 Å². The molecule has 0 saturated carbocycles. The number of nitrogens with zero attached hydrogens (tertiary/aromatic N) is 1. The number of ketones is 1. The molecule has 1 aliphatic rings. The molecule has 1 atom stereocenters. The van der Waals surface area contributed by atoms with Crippen molar-refractivity contribution in [3.63, 3.8) is 0 Å². The number of aromatic hydroxyl groups is 1. The standard InChI is InChI=1S/C14H20N2O2/c1-10-3-4-13(17)12(9-10)14(18)11(2)16-7-5-15-6-8-16/h3-4,9,11,15,17H,5-8H2,1-2H3. The molecule has 2 N–H and O–H groups in total. The van der Waals surface area contributed by atoms with Gasteiger partial charge in [-0.1, -0.05) is 11.6 Å². The fraction of sp³-hybridized carbons (Fsp3) is 0.500. The van der Waals surface area contributed by atoms with Gasteiger partial charge in [-0.05, 0) is 26.0 Å². The summed E-state index contributed by atoms with van der Waals surface area (Å²) in [6.45, 7) is 7.41. The second kappa shape index (κ2) is 5.50. The number of rotatable bonds is 3. The number of benzene rings is 1. The average molecular weight is 248 g/mol. The number of carbonyl (C=O) groups is 1.